The first-order valence-corrected chi connectivity index (χ1v) is 10.8. The summed E-state index contributed by atoms with van der Waals surface area (Å²) in [6.45, 7) is 1.25. The van der Waals surface area contributed by atoms with Crippen molar-refractivity contribution in [3.05, 3.63) is 82.1 Å². The Morgan fingerprint density at radius 2 is 1.68 bits per heavy atom. The van der Waals surface area contributed by atoms with Crippen molar-refractivity contribution < 1.29 is 31.9 Å². The van der Waals surface area contributed by atoms with Crippen LogP contribution in [0.15, 0.2) is 54.6 Å². The van der Waals surface area contributed by atoms with Crippen molar-refractivity contribution in [2.45, 2.75) is 25.4 Å². The molecule has 0 saturated heterocycles. The third-order valence-electron chi connectivity index (χ3n) is 4.95. The Labute approximate surface area is 196 Å². The largest absolute Gasteiger partial charge is 0.435 e. The molecule has 3 rings (SSSR count). The van der Waals surface area contributed by atoms with Crippen molar-refractivity contribution >= 4 is 34.1 Å². The Kier molecular flexibility index (Phi) is 7.45. The summed E-state index contributed by atoms with van der Waals surface area (Å²) in [7, 11) is 0. The van der Waals surface area contributed by atoms with Crippen LogP contribution in [0.2, 0.25) is 0 Å². The molecule has 3 aromatic rings. The van der Waals surface area contributed by atoms with Crippen molar-refractivity contribution in [3.8, 4) is 0 Å². The number of primary amides is 1. The highest BCUT2D eigenvalue weighted by molar-refractivity contribution is 7.18. The van der Waals surface area contributed by atoms with Gasteiger partial charge in [0.15, 0.2) is 10.8 Å². The van der Waals surface area contributed by atoms with Gasteiger partial charge >= 0.3 is 6.18 Å². The molecule has 1 heterocycles. The standard InChI is InChI=1S/C23H19F4N3O3S/c1-13(14-5-3-2-4-6-14)21(33)30(12-11-17(28)31)22-29-20(23(25,26)27)19(34-22)18(32)15-7-9-16(24)10-8-15/h2-10,13H,11-12H2,1H3,(H2,28,31). The summed E-state index contributed by atoms with van der Waals surface area (Å²) >= 11 is 0.373. The number of hydrogen-bond donors (Lipinski definition) is 1. The van der Waals surface area contributed by atoms with E-state index in [1.54, 1.807) is 37.3 Å². The SMILES string of the molecule is CC(C(=O)N(CCC(N)=O)c1nc(C(F)(F)F)c(C(=O)c2ccc(F)cc2)s1)c1ccccc1. The average molecular weight is 493 g/mol. The lowest BCUT2D eigenvalue weighted by atomic mass is 10.00. The maximum absolute atomic E-state index is 13.8. The first kappa shape index (κ1) is 25.0. The van der Waals surface area contributed by atoms with E-state index in [4.69, 9.17) is 5.73 Å². The van der Waals surface area contributed by atoms with E-state index in [1.807, 2.05) is 0 Å². The summed E-state index contributed by atoms with van der Waals surface area (Å²) in [6.07, 6.45) is -5.32. The van der Waals surface area contributed by atoms with E-state index in [9.17, 15) is 31.9 Å². The van der Waals surface area contributed by atoms with Gasteiger partial charge in [-0.3, -0.25) is 19.3 Å². The molecule has 0 radical (unpaired) electrons. The Balaban J connectivity index is 2.06. The summed E-state index contributed by atoms with van der Waals surface area (Å²) in [5, 5.41) is -0.396. The van der Waals surface area contributed by atoms with Crippen LogP contribution < -0.4 is 10.6 Å². The number of hydrogen-bond acceptors (Lipinski definition) is 5. The maximum Gasteiger partial charge on any atom is 0.435 e. The second-order valence-electron chi connectivity index (χ2n) is 7.35. The predicted molar refractivity (Wildman–Crippen MR) is 118 cm³/mol. The quantitative estimate of drug-likeness (QED) is 0.368. The number of anilines is 1. The van der Waals surface area contributed by atoms with Crippen molar-refractivity contribution in [1.82, 2.24) is 4.98 Å². The second-order valence-corrected chi connectivity index (χ2v) is 8.32. The molecule has 0 aliphatic carbocycles. The molecule has 11 heteroatoms. The molecule has 0 aliphatic rings. The van der Waals surface area contributed by atoms with E-state index in [-0.39, 0.29) is 18.5 Å². The molecular weight excluding hydrogens is 474 g/mol. The number of amides is 2. The topological polar surface area (TPSA) is 93.4 Å². The van der Waals surface area contributed by atoms with Crippen LogP contribution in [-0.4, -0.2) is 29.1 Å². The highest BCUT2D eigenvalue weighted by atomic mass is 32.1. The van der Waals surface area contributed by atoms with E-state index in [0.717, 1.165) is 29.2 Å². The molecule has 0 fully saturated rings. The summed E-state index contributed by atoms with van der Waals surface area (Å²) in [4.78, 5) is 41.2. The van der Waals surface area contributed by atoms with Gasteiger partial charge in [0.25, 0.3) is 0 Å². The minimum atomic E-state index is -5.00. The molecule has 0 bridgehead atoms. The number of benzene rings is 2. The van der Waals surface area contributed by atoms with Gasteiger partial charge < -0.3 is 5.73 Å². The number of aromatic nitrogens is 1. The number of thiazole rings is 1. The fourth-order valence-electron chi connectivity index (χ4n) is 3.14. The zero-order valence-electron chi connectivity index (χ0n) is 17.8. The molecule has 1 atom stereocenters. The van der Waals surface area contributed by atoms with Crippen LogP contribution in [0.4, 0.5) is 22.7 Å². The van der Waals surface area contributed by atoms with Crippen molar-refractivity contribution in [3.63, 3.8) is 0 Å². The number of rotatable bonds is 8. The lowest BCUT2D eigenvalue weighted by Gasteiger charge is -2.23. The van der Waals surface area contributed by atoms with Crippen LogP contribution >= 0.6 is 11.3 Å². The monoisotopic (exact) mass is 493 g/mol. The Morgan fingerprint density at radius 3 is 2.24 bits per heavy atom. The first-order valence-electron chi connectivity index (χ1n) is 10.0. The Hall–Kier alpha value is -3.60. The lowest BCUT2D eigenvalue weighted by Crippen LogP contribution is -2.37. The van der Waals surface area contributed by atoms with Crippen molar-refractivity contribution in [2.75, 3.05) is 11.4 Å². The molecule has 34 heavy (non-hydrogen) atoms. The molecule has 1 unspecified atom stereocenters. The van der Waals surface area contributed by atoms with Gasteiger partial charge in [-0.2, -0.15) is 13.2 Å². The van der Waals surface area contributed by atoms with Crippen LogP contribution in [0.3, 0.4) is 0 Å². The normalized spacial score (nSPS) is 12.3. The number of carbonyl (C=O) groups excluding carboxylic acids is 3. The predicted octanol–water partition coefficient (Wildman–Crippen LogP) is 4.54. The number of ketones is 1. The van der Waals surface area contributed by atoms with Crippen molar-refractivity contribution in [2.24, 2.45) is 5.73 Å². The molecule has 0 spiro atoms. The van der Waals surface area contributed by atoms with Gasteiger partial charge in [-0.05, 0) is 36.8 Å². The third-order valence-corrected chi connectivity index (χ3v) is 6.02. The van der Waals surface area contributed by atoms with Gasteiger partial charge in [-0.1, -0.05) is 41.7 Å². The van der Waals surface area contributed by atoms with Gasteiger partial charge in [0.2, 0.25) is 17.6 Å². The lowest BCUT2D eigenvalue weighted by molar-refractivity contribution is -0.141. The van der Waals surface area contributed by atoms with E-state index >= 15 is 0 Å². The van der Waals surface area contributed by atoms with Gasteiger partial charge in [0.05, 0.1) is 5.92 Å². The minimum Gasteiger partial charge on any atom is -0.370 e. The molecule has 0 aliphatic heterocycles. The summed E-state index contributed by atoms with van der Waals surface area (Å²) in [5.41, 5.74) is 4.15. The molecular formula is C23H19F4N3O3S. The van der Waals surface area contributed by atoms with Crippen LogP contribution in [0.25, 0.3) is 0 Å². The molecule has 178 valence electrons. The molecule has 2 amide bonds. The Morgan fingerprint density at radius 1 is 1.06 bits per heavy atom. The third kappa shape index (κ3) is 5.66. The van der Waals surface area contributed by atoms with E-state index < -0.39 is 51.2 Å². The molecule has 0 saturated carbocycles. The zero-order valence-corrected chi connectivity index (χ0v) is 18.6. The molecule has 6 nitrogen and oxygen atoms in total. The summed E-state index contributed by atoms with van der Waals surface area (Å²) in [6, 6.07) is 12.5. The highest BCUT2D eigenvalue weighted by Crippen LogP contribution is 2.39. The van der Waals surface area contributed by atoms with Crippen LogP contribution in [-0.2, 0) is 15.8 Å². The number of carbonyl (C=O) groups is 3. The minimum absolute atomic E-state index is 0.172. The van der Waals surface area contributed by atoms with Gasteiger partial charge in [0.1, 0.15) is 10.7 Å². The summed E-state index contributed by atoms with van der Waals surface area (Å²) in [5.74, 6) is -3.83. The van der Waals surface area contributed by atoms with E-state index in [1.165, 1.54) is 0 Å². The van der Waals surface area contributed by atoms with Crippen LogP contribution in [0, 0.1) is 5.82 Å². The summed E-state index contributed by atoms with van der Waals surface area (Å²) < 4.78 is 54.5. The number of nitrogens with two attached hydrogens (primary N) is 1. The highest BCUT2D eigenvalue weighted by Gasteiger charge is 2.41. The van der Waals surface area contributed by atoms with Crippen LogP contribution in [0.5, 0.6) is 0 Å². The molecule has 2 aromatic carbocycles. The first-order chi connectivity index (χ1) is 16.0. The van der Waals surface area contributed by atoms with Crippen molar-refractivity contribution in [1.29, 1.82) is 0 Å². The van der Waals surface area contributed by atoms with Gasteiger partial charge in [0, 0.05) is 18.5 Å². The number of halogens is 4. The average Bonchev–Trinajstić information content (AvgIpc) is 3.25. The molecule has 1 aromatic heterocycles. The van der Waals surface area contributed by atoms with Gasteiger partial charge in [-0.15, -0.1) is 0 Å². The number of nitrogens with zero attached hydrogens (tertiary/aromatic N) is 2. The number of alkyl halides is 3. The Bertz CT molecular complexity index is 1190. The zero-order chi connectivity index (χ0) is 25.0. The van der Waals surface area contributed by atoms with Gasteiger partial charge in [-0.25, -0.2) is 9.37 Å². The van der Waals surface area contributed by atoms with Crippen LogP contribution in [0.1, 0.15) is 45.8 Å². The maximum atomic E-state index is 13.8. The second kappa shape index (κ2) is 10.1. The van der Waals surface area contributed by atoms with E-state index in [0.29, 0.717) is 16.9 Å². The van der Waals surface area contributed by atoms with E-state index in [2.05, 4.69) is 4.98 Å². The fourth-order valence-corrected chi connectivity index (χ4v) is 4.22. The molecule has 2 N–H and O–H groups in total. The smallest absolute Gasteiger partial charge is 0.370 e. The fraction of sp³-hybridized carbons (Fsp3) is 0.217.